The average molecular weight is 771 g/mol. The summed E-state index contributed by atoms with van der Waals surface area (Å²) >= 11 is 0. The molecule has 0 aliphatic carbocycles. The number of carboxylic acid groups (broad SMARTS) is 2. The normalized spacial score (nSPS) is 19.0. The van der Waals surface area contributed by atoms with Gasteiger partial charge in [-0.1, -0.05) is 52.0 Å². The number of pyridine rings is 2. The molecule has 2 aliphatic rings. The van der Waals surface area contributed by atoms with Crippen LogP contribution in [0.4, 0.5) is 0 Å². The third-order valence-electron chi connectivity index (χ3n) is 10.1. The molecule has 6 rings (SSSR count). The minimum Gasteiger partial charge on any atom is -0.492 e. The molecule has 2 atom stereocenters. The van der Waals surface area contributed by atoms with Crippen molar-refractivity contribution in [3.05, 3.63) is 118 Å². The van der Waals surface area contributed by atoms with Crippen molar-refractivity contribution < 1.29 is 43.5 Å². The topological polar surface area (TPSA) is 156 Å². The molecular weight excluding hydrogens is 716 g/mol. The summed E-state index contributed by atoms with van der Waals surface area (Å²) in [5.41, 5.74) is 1.53. The molecule has 0 saturated carbocycles. The van der Waals surface area contributed by atoms with Gasteiger partial charge in [-0.2, -0.15) is 0 Å². The predicted octanol–water partition coefficient (Wildman–Crippen LogP) is 7.07. The smallest absolute Gasteiger partial charge is 0.336 e. The number of carboxylic acids is 2. The van der Waals surface area contributed by atoms with Gasteiger partial charge in [0.15, 0.2) is 11.2 Å². The summed E-state index contributed by atoms with van der Waals surface area (Å²) in [5, 5.41) is 19.0. The lowest BCUT2D eigenvalue weighted by molar-refractivity contribution is -0.160. The average Bonchev–Trinajstić information content (AvgIpc) is 3.87. The number of benzene rings is 2. The summed E-state index contributed by atoms with van der Waals surface area (Å²) in [5.74, 6) is 1.11. The van der Waals surface area contributed by atoms with Crippen LogP contribution < -0.4 is 19.8 Å². The van der Waals surface area contributed by atoms with Gasteiger partial charge >= 0.3 is 11.9 Å². The van der Waals surface area contributed by atoms with E-state index in [0.29, 0.717) is 82.1 Å². The number of rotatable bonds is 17. The fraction of sp³-hybridized carbons (Fsp3) is 0.455. The van der Waals surface area contributed by atoms with E-state index in [1.165, 1.54) is 17.2 Å². The standard InChI is InChI=1S/2C22H27NO5/c1-16(2)18-4-6-19(7-5-18)27-13-11-23-10-8-17(14-20(23)24)15-22(21(25)26)9-3-12-28-22;1-16(2)18-4-6-19(7-5-18)26-12-13-27-20-14-17(8-10-23-20)15-22(21(24)25)9-3-11-28-22/h4-8,10,14,16H,3,9,11-13,15H2,1-2H3,(H,25,26);4-8,10,14,16H,3,9,11-13,15H2,1-2H3,(H,24,25). The van der Waals surface area contributed by atoms with E-state index >= 15 is 0 Å². The SMILES string of the molecule is CC(C)c1ccc(OCCOc2cc(CC3(C(=O)O)CCCO3)ccn2)cc1.CC(C)c1ccc(OCCn2ccc(CC3(C(=O)O)CCCO3)cc2=O)cc1. The number of carbonyl (C=O) groups is 2. The highest BCUT2D eigenvalue weighted by atomic mass is 16.5. The van der Waals surface area contributed by atoms with Crippen LogP contribution in [0.3, 0.4) is 0 Å². The molecule has 2 aliphatic heterocycles. The van der Waals surface area contributed by atoms with Crippen LogP contribution in [-0.4, -0.2) is 75.9 Å². The molecule has 4 aromatic rings. The molecule has 0 radical (unpaired) electrons. The largest absolute Gasteiger partial charge is 0.492 e. The highest BCUT2D eigenvalue weighted by molar-refractivity contribution is 5.78. The van der Waals surface area contributed by atoms with E-state index < -0.39 is 23.1 Å². The Balaban J connectivity index is 0.000000214. The lowest BCUT2D eigenvalue weighted by Gasteiger charge is -2.23. The quantitative estimate of drug-likeness (QED) is 0.106. The van der Waals surface area contributed by atoms with E-state index in [2.05, 4.69) is 44.8 Å². The number of aromatic nitrogens is 2. The summed E-state index contributed by atoms with van der Waals surface area (Å²) in [7, 11) is 0. The summed E-state index contributed by atoms with van der Waals surface area (Å²) in [6.07, 6.45) is 6.29. The van der Waals surface area contributed by atoms with Gasteiger partial charge < -0.3 is 38.5 Å². The summed E-state index contributed by atoms with van der Waals surface area (Å²) in [4.78, 5) is 39.8. The van der Waals surface area contributed by atoms with E-state index in [9.17, 15) is 24.6 Å². The second-order valence-corrected chi connectivity index (χ2v) is 14.9. The van der Waals surface area contributed by atoms with Crippen molar-refractivity contribution in [3.8, 4) is 17.4 Å². The van der Waals surface area contributed by atoms with Crippen molar-refractivity contribution >= 4 is 11.9 Å². The molecule has 0 bridgehead atoms. The van der Waals surface area contributed by atoms with Gasteiger partial charge in [-0.05, 0) is 96.2 Å². The first-order valence-corrected chi connectivity index (χ1v) is 19.4. The summed E-state index contributed by atoms with van der Waals surface area (Å²) in [6.45, 7) is 11.1. The Hall–Kier alpha value is -5.20. The summed E-state index contributed by atoms with van der Waals surface area (Å²) in [6, 6.07) is 22.9. The second kappa shape index (κ2) is 19.6. The molecule has 2 aromatic carbocycles. The van der Waals surface area contributed by atoms with Crippen LogP contribution in [0.25, 0.3) is 0 Å². The first-order valence-electron chi connectivity index (χ1n) is 19.4. The van der Waals surface area contributed by atoms with E-state index in [0.717, 1.165) is 29.9 Å². The van der Waals surface area contributed by atoms with Crippen LogP contribution in [-0.2, 0) is 38.4 Å². The van der Waals surface area contributed by atoms with Crippen LogP contribution in [0.5, 0.6) is 17.4 Å². The molecule has 2 unspecified atom stereocenters. The van der Waals surface area contributed by atoms with Crippen molar-refractivity contribution in [2.75, 3.05) is 33.0 Å². The minimum absolute atomic E-state index is 0.171. The van der Waals surface area contributed by atoms with Crippen molar-refractivity contribution in [2.24, 2.45) is 0 Å². The van der Waals surface area contributed by atoms with Gasteiger partial charge in [-0.25, -0.2) is 14.6 Å². The second-order valence-electron chi connectivity index (χ2n) is 14.9. The van der Waals surface area contributed by atoms with Crippen LogP contribution >= 0.6 is 0 Å². The molecule has 2 saturated heterocycles. The molecular formula is C44H54N2O10. The first kappa shape index (κ1) is 42.0. The third kappa shape index (κ3) is 11.4. The van der Waals surface area contributed by atoms with Crippen LogP contribution in [0.1, 0.15) is 87.5 Å². The van der Waals surface area contributed by atoms with Crippen LogP contribution in [0.15, 0.2) is 90.0 Å². The van der Waals surface area contributed by atoms with Crippen LogP contribution in [0, 0.1) is 0 Å². The zero-order chi connectivity index (χ0) is 40.1. The zero-order valence-electron chi connectivity index (χ0n) is 32.8. The van der Waals surface area contributed by atoms with E-state index in [1.807, 2.05) is 36.4 Å². The van der Waals surface area contributed by atoms with E-state index in [4.69, 9.17) is 23.7 Å². The number of hydrogen-bond donors (Lipinski definition) is 2. The Bertz CT molecular complexity index is 1930. The van der Waals surface area contributed by atoms with Crippen LogP contribution in [0.2, 0.25) is 0 Å². The van der Waals surface area contributed by atoms with Crippen molar-refractivity contribution in [1.82, 2.24) is 9.55 Å². The molecule has 2 fully saturated rings. The fourth-order valence-electron chi connectivity index (χ4n) is 6.77. The monoisotopic (exact) mass is 770 g/mol. The maximum absolute atomic E-state index is 12.4. The molecule has 2 N–H and O–H groups in total. The van der Waals surface area contributed by atoms with Gasteiger partial charge in [0.2, 0.25) is 5.88 Å². The predicted molar refractivity (Wildman–Crippen MR) is 211 cm³/mol. The lowest BCUT2D eigenvalue weighted by Crippen LogP contribution is -2.40. The first-order chi connectivity index (χ1) is 26.9. The van der Waals surface area contributed by atoms with Gasteiger partial charge in [0, 0.05) is 50.6 Å². The Morgan fingerprint density at radius 3 is 1.68 bits per heavy atom. The van der Waals surface area contributed by atoms with Gasteiger partial charge in [0.1, 0.15) is 31.3 Å². The highest BCUT2D eigenvalue weighted by Gasteiger charge is 2.44. The highest BCUT2D eigenvalue weighted by Crippen LogP contribution is 2.31. The van der Waals surface area contributed by atoms with Crippen molar-refractivity contribution in [2.45, 2.75) is 95.8 Å². The molecule has 2 aromatic heterocycles. The molecule has 0 amide bonds. The lowest BCUT2D eigenvalue weighted by atomic mass is 9.92. The number of nitrogens with zero attached hydrogens (tertiary/aromatic N) is 2. The Kier molecular flexibility index (Phi) is 14.7. The van der Waals surface area contributed by atoms with Gasteiger partial charge in [-0.3, -0.25) is 4.79 Å². The molecule has 12 nitrogen and oxygen atoms in total. The molecule has 12 heteroatoms. The zero-order valence-corrected chi connectivity index (χ0v) is 32.8. The molecule has 56 heavy (non-hydrogen) atoms. The van der Waals surface area contributed by atoms with E-state index in [-0.39, 0.29) is 12.0 Å². The maximum atomic E-state index is 12.4. The Morgan fingerprint density at radius 1 is 0.714 bits per heavy atom. The van der Waals surface area contributed by atoms with Crippen molar-refractivity contribution in [1.29, 1.82) is 0 Å². The maximum Gasteiger partial charge on any atom is 0.336 e. The number of aliphatic carboxylic acids is 2. The van der Waals surface area contributed by atoms with Gasteiger partial charge in [0.25, 0.3) is 5.56 Å². The molecule has 300 valence electrons. The number of hydrogen-bond acceptors (Lipinski definition) is 9. The van der Waals surface area contributed by atoms with Crippen molar-refractivity contribution in [3.63, 3.8) is 0 Å². The Morgan fingerprint density at radius 2 is 1.21 bits per heavy atom. The molecule has 4 heterocycles. The number of ether oxygens (including phenoxy) is 5. The van der Waals surface area contributed by atoms with Gasteiger partial charge in [0.05, 0.1) is 6.54 Å². The Labute approximate surface area is 328 Å². The summed E-state index contributed by atoms with van der Waals surface area (Å²) < 4.78 is 29.7. The minimum atomic E-state index is -1.20. The molecule has 0 spiro atoms. The van der Waals surface area contributed by atoms with E-state index in [1.54, 1.807) is 35.2 Å². The fourth-order valence-corrected chi connectivity index (χ4v) is 6.77. The van der Waals surface area contributed by atoms with Gasteiger partial charge in [-0.15, -0.1) is 0 Å². The third-order valence-corrected chi connectivity index (χ3v) is 10.1.